The van der Waals surface area contributed by atoms with Crippen LogP contribution in [0.5, 0.6) is 0 Å². The molecule has 3 nitrogen and oxygen atoms in total. The smallest absolute Gasteiger partial charge is 0.237 e. The maximum Gasteiger partial charge on any atom is 0.237 e. The van der Waals surface area contributed by atoms with Crippen molar-refractivity contribution in [3.63, 3.8) is 0 Å². The SMILES string of the molecule is Cc1ccc(CNC(=O)[C@@H](C)N2CCc3sccc3C2)cc1. The highest BCUT2D eigenvalue weighted by atomic mass is 32.1. The van der Waals surface area contributed by atoms with E-state index in [0.717, 1.165) is 25.1 Å². The predicted octanol–water partition coefficient (Wildman–Crippen LogP) is 3.12. The molecular weight excluding hydrogens is 292 g/mol. The van der Waals surface area contributed by atoms with Crippen LogP contribution in [0.15, 0.2) is 35.7 Å². The summed E-state index contributed by atoms with van der Waals surface area (Å²) in [5, 5.41) is 5.20. The average Bonchev–Trinajstić information content (AvgIpc) is 3.00. The first-order valence-corrected chi connectivity index (χ1v) is 8.64. The van der Waals surface area contributed by atoms with Gasteiger partial charge in [0.15, 0.2) is 0 Å². The molecule has 4 heteroatoms. The van der Waals surface area contributed by atoms with Gasteiger partial charge in [0.2, 0.25) is 5.91 Å². The zero-order chi connectivity index (χ0) is 15.5. The highest BCUT2D eigenvalue weighted by Gasteiger charge is 2.25. The number of thiophene rings is 1. The van der Waals surface area contributed by atoms with E-state index in [0.29, 0.717) is 6.54 Å². The van der Waals surface area contributed by atoms with Gasteiger partial charge in [-0.1, -0.05) is 29.8 Å². The lowest BCUT2D eigenvalue weighted by Crippen LogP contribution is -2.46. The van der Waals surface area contributed by atoms with Gasteiger partial charge in [0.05, 0.1) is 6.04 Å². The van der Waals surface area contributed by atoms with Crippen LogP contribution in [0.2, 0.25) is 0 Å². The van der Waals surface area contributed by atoms with Gasteiger partial charge >= 0.3 is 0 Å². The maximum atomic E-state index is 12.4. The number of carbonyl (C=O) groups excluding carboxylic acids is 1. The number of benzene rings is 1. The molecule has 1 aromatic carbocycles. The molecule has 1 aliphatic rings. The highest BCUT2D eigenvalue weighted by Crippen LogP contribution is 2.25. The lowest BCUT2D eigenvalue weighted by atomic mass is 10.1. The largest absolute Gasteiger partial charge is 0.351 e. The van der Waals surface area contributed by atoms with Crippen molar-refractivity contribution in [2.75, 3.05) is 6.54 Å². The summed E-state index contributed by atoms with van der Waals surface area (Å²) >= 11 is 1.83. The van der Waals surface area contributed by atoms with Crippen LogP contribution in [0.25, 0.3) is 0 Å². The van der Waals surface area contributed by atoms with E-state index >= 15 is 0 Å². The van der Waals surface area contributed by atoms with E-state index in [1.54, 1.807) is 0 Å². The van der Waals surface area contributed by atoms with Gasteiger partial charge in [0, 0.05) is 24.5 Å². The molecule has 1 aromatic heterocycles. The van der Waals surface area contributed by atoms with Gasteiger partial charge in [-0.25, -0.2) is 0 Å². The van der Waals surface area contributed by atoms with E-state index < -0.39 is 0 Å². The van der Waals surface area contributed by atoms with Crippen molar-refractivity contribution in [2.24, 2.45) is 0 Å². The monoisotopic (exact) mass is 314 g/mol. The first-order valence-electron chi connectivity index (χ1n) is 7.76. The third-order valence-corrected chi connectivity index (χ3v) is 5.37. The second-order valence-electron chi connectivity index (χ2n) is 5.97. The van der Waals surface area contributed by atoms with E-state index in [-0.39, 0.29) is 11.9 Å². The van der Waals surface area contributed by atoms with Crippen LogP contribution < -0.4 is 5.32 Å². The Morgan fingerprint density at radius 1 is 1.32 bits per heavy atom. The van der Waals surface area contributed by atoms with E-state index in [4.69, 9.17) is 0 Å². The molecule has 1 atom stereocenters. The third kappa shape index (κ3) is 3.39. The summed E-state index contributed by atoms with van der Waals surface area (Å²) in [6.07, 6.45) is 1.06. The number of carbonyl (C=O) groups is 1. The summed E-state index contributed by atoms with van der Waals surface area (Å²) < 4.78 is 0. The lowest BCUT2D eigenvalue weighted by Gasteiger charge is -2.31. The first kappa shape index (κ1) is 15.3. The minimum atomic E-state index is -0.0847. The van der Waals surface area contributed by atoms with Crippen LogP contribution in [-0.2, 0) is 24.3 Å². The molecule has 0 unspecified atom stereocenters. The van der Waals surface area contributed by atoms with Crippen molar-refractivity contribution in [1.29, 1.82) is 0 Å². The van der Waals surface area contributed by atoms with Crippen molar-refractivity contribution < 1.29 is 4.79 Å². The minimum absolute atomic E-state index is 0.0847. The Bertz CT molecular complexity index is 647. The molecule has 2 aromatic rings. The molecule has 1 aliphatic heterocycles. The number of amides is 1. The van der Waals surface area contributed by atoms with Crippen LogP contribution in [-0.4, -0.2) is 23.4 Å². The Morgan fingerprint density at radius 3 is 2.86 bits per heavy atom. The molecule has 22 heavy (non-hydrogen) atoms. The van der Waals surface area contributed by atoms with Crippen LogP contribution in [0, 0.1) is 6.92 Å². The predicted molar refractivity (Wildman–Crippen MR) is 90.9 cm³/mol. The average molecular weight is 314 g/mol. The molecular formula is C18H22N2OS. The van der Waals surface area contributed by atoms with Crippen LogP contribution in [0.4, 0.5) is 0 Å². The second-order valence-corrected chi connectivity index (χ2v) is 6.97. The number of rotatable bonds is 4. The van der Waals surface area contributed by atoms with Crippen molar-refractivity contribution in [3.8, 4) is 0 Å². The topological polar surface area (TPSA) is 32.3 Å². The second kappa shape index (κ2) is 6.63. The Morgan fingerprint density at radius 2 is 2.09 bits per heavy atom. The van der Waals surface area contributed by atoms with Crippen molar-refractivity contribution in [3.05, 3.63) is 57.3 Å². The molecule has 0 spiro atoms. The number of hydrogen-bond donors (Lipinski definition) is 1. The molecule has 1 amide bonds. The van der Waals surface area contributed by atoms with E-state index in [1.807, 2.05) is 18.3 Å². The molecule has 0 aliphatic carbocycles. The summed E-state index contributed by atoms with van der Waals surface area (Å²) in [6.45, 7) is 6.52. The molecule has 116 valence electrons. The number of aryl methyl sites for hydroxylation is 1. The third-order valence-electron chi connectivity index (χ3n) is 4.35. The van der Waals surface area contributed by atoms with Crippen LogP contribution in [0.1, 0.15) is 28.5 Å². The maximum absolute atomic E-state index is 12.4. The molecule has 0 saturated carbocycles. The lowest BCUT2D eigenvalue weighted by molar-refractivity contribution is -0.126. The van der Waals surface area contributed by atoms with E-state index in [1.165, 1.54) is 16.0 Å². The molecule has 3 rings (SSSR count). The standard InChI is InChI=1S/C18H22N2OS/c1-13-3-5-15(6-4-13)11-19-18(21)14(2)20-9-7-17-16(12-20)8-10-22-17/h3-6,8,10,14H,7,9,11-12H2,1-2H3,(H,19,21)/t14-/m1/s1. The Kier molecular flexibility index (Phi) is 4.60. The molecule has 0 bridgehead atoms. The summed E-state index contributed by atoms with van der Waals surface area (Å²) in [5.74, 6) is 0.110. The van der Waals surface area contributed by atoms with Gasteiger partial charge in [0.25, 0.3) is 0 Å². The van der Waals surface area contributed by atoms with Crippen molar-refractivity contribution in [2.45, 2.75) is 39.4 Å². The van der Waals surface area contributed by atoms with Gasteiger partial charge in [-0.15, -0.1) is 11.3 Å². The molecule has 0 radical (unpaired) electrons. The number of nitrogens with one attached hydrogen (secondary N) is 1. The fourth-order valence-corrected chi connectivity index (χ4v) is 3.70. The van der Waals surface area contributed by atoms with Gasteiger partial charge in [0.1, 0.15) is 0 Å². The van der Waals surface area contributed by atoms with Gasteiger partial charge in [-0.2, -0.15) is 0 Å². The zero-order valence-electron chi connectivity index (χ0n) is 13.1. The number of fused-ring (bicyclic) bond motifs is 1. The molecule has 0 fully saturated rings. The summed E-state index contributed by atoms with van der Waals surface area (Å²) in [6, 6.07) is 10.4. The fraction of sp³-hybridized carbons (Fsp3) is 0.389. The van der Waals surface area contributed by atoms with Crippen LogP contribution in [0.3, 0.4) is 0 Å². The van der Waals surface area contributed by atoms with Crippen molar-refractivity contribution >= 4 is 17.2 Å². The summed E-state index contributed by atoms with van der Waals surface area (Å²) in [5.41, 5.74) is 3.77. The van der Waals surface area contributed by atoms with E-state index in [9.17, 15) is 4.79 Å². The molecule has 1 N–H and O–H groups in total. The highest BCUT2D eigenvalue weighted by molar-refractivity contribution is 7.10. The normalized spacial score (nSPS) is 16.1. The molecule has 0 saturated heterocycles. The fourth-order valence-electron chi connectivity index (χ4n) is 2.81. The Hall–Kier alpha value is -1.65. The quantitative estimate of drug-likeness (QED) is 0.940. The first-order chi connectivity index (χ1) is 10.6. The van der Waals surface area contributed by atoms with E-state index in [2.05, 4.69) is 52.9 Å². The Balaban J connectivity index is 1.55. The van der Waals surface area contributed by atoms with Crippen molar-refractivity contribution in [1.82, 2.24) is 10.2 Å². The molecule has 2 heterocycles. The zero-order valence-corrected chi connectivity index (χ0v) is 14.0. The Labute approximate surface area is 136 Å². The number of hydrogen-bond acceptors (Lipinski definition) is 3. The van der Waals surface area contributed by atoms with Crippen LogP contribution >= 0.6 is 11.3 Å². The summed E-state index contributed by atoms with van der Waals surface area (Å²) in [7, 11) is 0. The van der Waals surface area contributed by atoms with Gasteiger partial charge in [-0.05, 0) is 42.8 Å². The summed E-state index contributed by atoms with van der Waals surface area (Å²) in [4.78, 5) is 16.1. The van der Waals surface area contributed by atoms with Gasteiger partial charge < -0.3 is 5.32 Å². The number of nitrogens with zero attached hydrogens (tertiary/aromatic N) is 1. The van der Waals surface area contributed by atoms with Gasteiger partial charge in [-0.3, -0.25) is 9.69 Å². The minimum Gasteiger partial charge on any atom is -0.351 e.